The molecule has 0 saturated carbocycles. The van der Waals surface area contributed by atoms with Gasteiger partial charge in [-0.25, -0.2) is 0 Å². The second-order valence-electron chi connectivity index (χ2n) is 2.28. The maximum Gasteiger partial charge on any atom is 0.191 e. The summed E-state index contributed by atoms with van der Waals surface area (Å²) in [6.45, 7) is 0. The fourth-order valence-corrected chi connectivity index (χ4v) is 1.14. The van der Waals surface area contributed by atoms with Crippen molar-refractivity contribution in [1.82, 2.24) is 9.71 Å². The van der Waals surface area contributed by atoms with E-state index >= 15 is 0 Å². The number of fused-ring (bicyclic) bond motifs is 1. The molecule has 4 nitrogen and oxygen atoms in total. The molecule has 2 rings (SSSR count). The molecule has 2 aromatic rings. The Bertz CT molecular complexity index is 375. The standard InChI is InChI=1S/C7H8N2O2/c1-11-9-3-2-5-6(9)4-7(10)8-5/h2-4,8,10H,1H3. The van der Waals surface area contributed by atoms with Crippen LogP contribution in [0.2, 0.25) is 0 Å². The van der Waals surface area contributed by atoms with Crippen molar-refractivity contribution in [3.05, 3.63) is 18.3 Å². The van der Waals surface area contributed by atoms with Gasteiger partial charge >= 0.3 is 0 Å². The number of nitrogens with one attached hydrogen (secondary N) is 1. The smallest absolute Gasteiger partial charge is 0.191 e. The highest BCUT2D eigenvalue weighted by molar-refractivity contribution is 5.78. The molecular formula is C7H8N2O2. The highest BCUT2D eigenvalue weighted by Gasteiger charge is 2.03. The Hall–Kier alpha value is -1.58. The monoisotopic (exact) mass is 152 g/mol. The lowest BCUT2D eigenvalue weighted by molar-refractivity contribution is 0.179. The van der Waals surface area contributed by atoms with Crippen LogP contribution in [0, 0.1) is 0 Å². The fourth-order valence-electron chi connectivity index (χ4n) is 1.14. The van der Waals surface area contributed by atoms with E-state index in [1.165, 1.54) is 0 Å². The molecule has 2 heterocycles. The van der Waals surface area contributed by atoms with Gasteiger partial charge in [-0.15, -0.1) is 0 Å². The average Bonchev–Trinajstić information content (AvgIpc) is 2.45. The largest absolute Gasteiger partial charge is 0.495 e. The molecule has 58 valence electrons. The number of aromatic hydroxyl groups is 1. The molecule has 0 aliphatic carbocycles. The van der Waals surface area contributed by atoms with Gasteiger partial charge in [0.1, 0.15) is 12.6 Å². The average molecular weight is 152 g/mol. The van der Waals surface area contributed by atoms with Crippen LogP contribution in [0.1, 0.15) is 0 Å². The lowest BCUT2D eigenvalue weighted by atomic mass is 10.5. The molecule has 0 unspecified atom stereocenters. The number of hydrogen-bond donors (Lipinski definition) is 2. The quantitative estimate of drug-likeness (QED) is 0.633. The summed E-state index contributed by atoms with van der Waals surface area (Å²) < 4.78 is 1.57. The van der Waals surface area contributed by atoms with Crippen molar-refractivity contribution in [1.29, 1.82) is 0 Å². The molecule has 0 radical (unpaired) electrons. The molecular weight excluding hydrogens is 144 g/mol. The highest BCUT2D eigenvalue weighted by Crippen LogP contribution is 2.18. The van der Waals surface area contributed by atoms with E-state index in [4.69, 9.17) is 9.94 Å². The fraction of sp³-hybridized carbons (Fsp3) is 0.143. The summed E-state index contributed by atoms with van der Waals surface area (Å²) in [5.74, 6) is 0.154. The van der Waals surface area contributed by atoms with Gasteiger partial charge in [0.15, 0.2) is 5.88 Å². The van der Waals surface area contributed by atoms with Crippen molar-refractivity contribution in [2.24, 2.45) is 0 Å². The van der Waals surface area contributed by atoms with E-state index in [1.54, 1.807) is 24.1 Å². The minimum Gasteiger partial charge on any atom is -0.495 e. The van der Waals surface area contributed by atoms with E-state index in [2.05, 4.69) is 4.98 Å². The zero-order valence-electron chi connectivity index (χ0n) is 6.03. The van der Waals surface area contributed by atoms with Crippen LogP contribution in [-0.4, -0.2) is 21.9 Å². The van der Waals surface area contributed by atoms with E-state index in [0.29, 0.717) is 0 Å². The Morgan fingerprint density at radius 2 is 2.45 bits per heavy atom. The highest BCUT2D eigenvalue weighted by atomic mass is 16.6. The molecule has 0 atom stereocenters. The van der Waals surface area contributed by atoms with E-state index < -0.39 is 0 Å². The van der Waals surface area contributed by atoms with Gasteiger partial charge in [0.2, 0.25) is 0 Å². The van der Waals surface area contributed by atoms with Crippen molar-refractivity contribution in [3.63, 3.8) is 0 Å². The zero-order valence-corrected chi connectivity index (χ0v) is 6.03. The lowest BCUT2D eigenvalue weighted by Gasteiger charge is -1.97. The number of rotatable bonds is 1. The predicted octanol–water partition coefficient (Wildman–Crippen LogP) is 0.733. The van der Waals surface area contributed by atoms with Crippen LogP contribution in [0.5, 0.6) is 5.88 Å². The van der Waals surface area contributed by atoms with Crippen LogP contribution in [0.3, 0.4) is 0 Å². The molecule has 0 aromatic carbocycles. The molecule has 2 N–H and O–H groups in total. The van der Waals surface area contributed by atoms with Crippen molar-refractivity contribution >= 4 is 11.0 Å². The third kappa shape index (κ3) is 0.756. The summed E-state index contributed by atoms with van der Waals surface area (Å²) in [6.07, 6.45) is 1.78. The SMILES string of the molecule is COn1ccc2[nH]c(O)cc21. The first-order valence-corrected chi connectivity index (χ1v) is 3.25. The normalized spacial score (nSPS) is 10.6. The number of nitrogens with zero attached hydrogens (tertiary/aromatic N) is 1. The van der Waals surface area contributed by atoms with E-state index in [9.17, 15) is 0 Å². The summed E-state index contributed by atoms with van der Waals surface area (Å²) in [6, 6.07) is 3.44. The first kappa shape index (κ1) is 6.15. The first-order chi connectivity index (χ1) is 5.31. The molecule has 0 aliphatic rings. The van der Waals surface area contributed by atoms with Crippen LogP contribution in [-0.2, 0) is 0 Å². The van der Waals surface area contributed by atoms with Crippen molar-refractivity contribution < 1.29 is 9.94 Å². The van der Waals surface area contributed by atoms with Crippen LogP contribution >= 0.6 is 0 Å². The van der Waals surface area contributed by atoms with Gasteiger partial charge in [0, 0.05) is 12.3 Å². The van der Waals surface area contributed by atoms with Crippen molar-refractivity contribution in [2.75, 3.05) is 7.11 Å². The summed E-state index contributed by atoms with van der Waals surface area (Å²) in [5, 5.41) is 9.04. The van der Waals surface area contributed by atoms with Crippen LogP contribution in [0.15, 0.2) is 18.3 Å². The number of aromatic amines is 1. The molecule has 2 aromatic heterocycles. The van der Waals surface area contributed by atoms with Gasteiger partial charge in [-0.1, -0.05) is 0 Å². The topological polar surface area (TPSA) is 50.2 Å². The van der Waals surface area contributed by atoms with Gasteiger partial charge < -0.3 is 14.9 Å². The van der Waals surface area contributed by atoms with Crippen LogP contribution in [0.4, 0.5) is 0 Å². The molecule has 11 heavy (non-hydrogen) atoms. The molecule has 0 spiro atoms. The molecule has 0 bridgehead atoms. The van der Waals surface area contributed by atoms with Crippen LogP contribution < -0.4 is 4.84 Å². The number of hydrogen-bond acceptors (Lipinski definition) is 2. The lowest BCUT2D eigenvalue weighted by Crippen LogP contribution is -2.01. The Labute approximate surface area is 63.0 Å². The Kier molecular flexibility index (Phi) is 1.09. The predicted molar refractivity (Wildman–Crippen MR) is 40.5 cm³/mol. The van der Waals surface area contributed by atoms with E-state index in [0.717, 1.165) is 11.0 Å². The number of H-pyrrole nitrogens is 1. The first-order valence-electron chi connectivity index (χ1n) is 3.25. The second kappa shape index (κ2) is 1.95. The van der Waals surface area contributed by atoms with Crippen LogP contribution in [0.25, 0.3) is 11.0 Å². The van der Waals surface area contributed by atoms with Crippen molar-refractivity contribution in [3.8, 4) is 5.88 Å². The minimum absolute atomic E-state index is 0.154. The molecule has 4 heteroatoms. The Morgan fingerprint density at radius 1 is 1.64 bits per heavy atom. The molecule has 0 amide bonds. The summed E-state index contributed by atoms with van der Waals surface area (Å²) in [4.78, 5) is 7.73. The van der Waals surface area contributed by atoms with Gasteiger partial charge in [-0.3, -0.25) is 0 Å². The van der Waals surface area contributed by atoms with E-state index in [1.807, 2.05) is 6.07 Å². The zero-order chi connectivity index (χ0) is 7.84. The summed E-state index contributed by atoms with van der Waals surface area (Å²) in [7, 11) is 1.57. The van der Waals surface area contributed by atoms with Gasteiger partial charge in [-0.2, -0.15) is 4.73 Å². The second-order valence-corrected chi connectivity index (χ2v) is 2.28. The van der Waals surface area contributed by atoms with Crippen molar-refractivity contribution in [2.45, 2.75) is 0 Å². The van der Waals surface area contributed by atoms with Gasteiger partial charge in [-0.05, 0) is 6.07 Å². The molecule has 0 fully saturated rings. The Morgan fingerprint density at radius 3 is 3.18 bits per heavy atom. The molecule has 0 saturated heterocycles. The third-order valence-corrected chi connectivity index (χ3v) is 1.62. The molecule has 0 aliphatic heterocycles. The summed E-state index contributed by atoms with van der Waals surface area (Å²) in [5.41, 5.74) is 1.70. The van der Waals surface area contributed by atoms with Gasteiger partial charge in [0.05, 0.1) is 5.52 Å². The minimum atomic E-state index is 0.154. The van der Waals surface area contributed by atoms with Gasteiger partial charge in [0.25, 0.3) is 0 Å². The maximum atomic E-state index is 9.04. The third-order valence-electron chi connectivity index (χ3n) is 1.62. The number of aromatic nitrogens is 2. The van der Waals surface area contributed by atoms with E-state index in [-0.39, 0.29) is 5.88 Å². The maximum absolute atomic E-state index is 9.04. The summed E-state index contributed by atoms with van der Waals surface area (Å²) >= 11 is 0. The Balaban J connectivity index is 2.73.